The Morgan fingerprint density at radius 1 is 0.290 bits per heavy atom. The van der Waals surface area contributed by atoms with Crippen LogP contribution in [-0.2, 0) is 28.6 Å². The molecule has 0 aliphatic heterocycles. The Labute approximate surface area is 427 Å². The van der Waals surface area contributed by atoms with Gasteiger partial charge in [0.25, 0.3) is 0 Å². The van der Waals surface area contributed by atoms with E-state index < -0.39 is 6.10 Å². The summed E-state index contributed by atoms with van der Waals surface area (Å²) >= 11 is 0. The van der Waals surface area contributed by atoms with Crippen LogP contribution in [0.15, 0.2) is 72.9 Å². The normalized spacial score (nSPS) is 12.6. The lowest BCUT2D eigenvalue weighted by Crippen LogP contribution is -2.30. The molecule has 0 aromatic heterocycles. The van der Waals surface area contributed by atoms with E-state index in [2.05, 4.69) is 87.6 Å². The molecule has 6 heteroatoms. The van der Waals surface area contributed by atoms with Gasteiger partial charge in [0, 0.05) is 19.3 Å². The minimum Gasteiger partial charge on any atom is -0.462 e. The van der Waals surface area contributed by atoms with Crippen LogP contribution in [0.2, 0.25) is 0 Å². The van der Waals surface area contributed by atoms with Crippen LogP contribution in [-0.4, -0.2) is 37.2 Å². The summed E-state index contributed by atoms with van der Waals surface area (Å²) in [4.78, 5) is 38.1. The van der Waals surface area contributed by atoms with E-state index in [-0.39, 0.29) is 37.5 Å². The standard InChI is InChI=1S/C63H110O6/c1-4-7-10-13-16-19-22-25-28-30-31-33-36-38-41-44-47-50-53-56-62(65)68-59-60(69-63(66)57-54-51-48-45-42-39-34-27-24-21-18-15-12-9-6-3)58-67-61(64)55-52-49-46-43-40-37-35-32-29-26-23-20-17-14-11-8-5-2/h16,19,25-26,28-29,31,33,38,41,47,50,60H,4-15,17-18,20-24,27,30,32,34-37,39-40,42-46,48-49,51-59H2,1-3H3/b19-16-,28-25-,29-26-,33-31-,41-38-,50-47-/t60-/m0/s1. The van der Waals surface area contributed by atoms with Crippen LogP contribution in [0.3, 0.4) is 0 Å². The molecule has 0 aliphatic carbocycles. The van der Waals surface area contributed by atoms with Crippen molar-refractivity contribution >= 4 is 17.9 Å². The van der Waals surface area contributed by atoms with E-state index in [1.54, 1.807) is 0 Å². The second-order valence-corrected chi connectivity index (χ2v) is 19.6. The van der Waals surface area contributed by atoms with Gasteiger partial charge in [0.05, 0.1) is 0 Å². The van der Waals surface area contributed by atoms with Crippen LogP contribution in [0.5, 0.6) is 0 Å². The predicted octanol–water partition coefficient (Wildman–Crippen LogP) is 19.8. The maximum atomic E-state index is 12.9. The average molecular weight is 964 g/mol. The summed E-state index contributed by atoms with van der Waals surface area (Å²) in [6.45, 7) is 6.57. The molecule has 0 rings (SSSR count). The molecule has 0 spiro atoms. The van der Waals surface area contributed by atoms with Crippen LogP contribution in [0.1, 0.15) is 290 Å². The number of allylic oxidation sites excluding steroid dienone is 12. The number of unbranched alkanes of at least 4 members (excludes halogenated alkanes) is 30. The number of esters is 3. The van der Waals surface area contributed by atoms with Crippen molar-refractivity contribution in [2.24, 2.45) is 0 Å². The molecular formula is C63H110O6. The lowest BCUT2D eigenvalue weighted by molar-refractivity contribution is -0.166. The summed E-state index contributed by atoms with van der Waals surface area (Å²) in [6.07, 6.45) is 73.3. The average Bonchev–Trinajstić information content (AvgIpc) is 3.35. The second-order valence-electron chi connectivity index (χ2n) is 19.6. The minimum atomic E-state index is -0.805. The van der Waals surface area contributed by atoms with Gasteiger partial charge in [-0.25, -0.2) is 0 Å². The minimum absolute atomic E-state index is 0.0981. The van der Waals surface area contributed by atoms with Crippen molar-refractivity contribution in [3.8, 4) is 0 Å². The Bertz CT molecular complexity index is 1290. The number of hydrogen-bond acceptors (Lipinski definition) is 6. The second kappa shape index (κ2) is 57.4. The van der Waals surface area contributed by atoms with E-state index in [1.165, 1.54) is 180 Å². The van der Waals surface area contributed by atoms with Crippen molar-refractivity contribution in [1.29, 1.82) is 0 Å². The smallest absolute Gasteiger partial charge is 0.306 e. The molecule has 0 radical (unpaired) electrons. The maximum absolute atomic E-state index is 12.9. The van der Waals surface area contributed by atoms with Crippen LogP contribution in [0.25, 0.3) is 0 Å². The van der Waals surface area contributed by atoms with Gasteiger partial charge >= 0.3 is 17.9 Å². The lowest BCUT2D eigenvalue weighted by atomic mass is 10.0. The van der Waals surface area contributed by atoms with E-state index in [9.17, 15) is 14.4 Å². The Morgan fingerprint density at radius 2 is 0.551 bits per heavy atom. The Balaban J connectivity index is 4.47. The first kappa shape index (κ1) is 65.8. The fraction of sp³-hybridized carbons (Fsp3) is 0.762. The zero-order valence-electron chi connectivity index (χ0n) is 45.6. The Hall–Kier alpha value is -3.15. The number of hydrogen-bond donors (Lipinski definition) is 0. The van der Waals surface area contributed by atoms with Crippen molar-refractivity contribution in [3.63, 3.8) is 0 Å². The van der Waals surface area contributed by atoms with E-state index >= 15 is 0 Å². The molecule has 6 nitrogen and oxygen atoms in total. The summed E-state index contributed by atoms with van der Waals surface area (Å²) < 4.78 is 16.8. The molecule has 0 heterocycles. The van der Waals surface area contributed by atoms with E-state index in [4.69, 9.17) is 14.2 Å². The topological polar surface area (TPSA) is 78.9 Å². The molecule has 398 valence electrons. The zero-order valence-corrected chi connectivity index (χ0v) is 45.6. The highest BCUT2D eigenvalue weighted by atomic mass is 16.6. The van der Waals surface area contributed by atoms with Gasteiger partial charge in [-0.2, -0.15) is 0 Å². The lowest BCUT2D eigenvalue weighted by Gasteiger charge is -2.18. The molecule has 0 fully saturated rings. The van der Waals surface area contributed by atoms with Crippen molar-refractivity contribution in [2.45, 2.75) is 297 Å². The van der Waals surface area contributed by atoms with Crippen LogP contribution in [0, 0.1) is 0 Å². The third kappa shape index (κ3) is 55.6. The number of ether oxygens (including phenoxy) is 3. The molecule has 0 aromatic carbocycles. The van der Waals surface area contributed by atoms with Gasteiger partial charge in [0.2, 0.25) is 0 Å². The first-order valence-corrected chi connectivity index (χ1v) is 29.4. The molecule has 0 saturated heterocycles. The predicted molar refractivity (Wildman–Crippen MR) is 298 cm³/mol. The highest BCUT2D eigenvalue weighted by molar-refractivity contribution is 5.71. The first-order chi connectivity index (χ1) is 34.0. The summed E-state index contributed by atoms with van der Waals surface area (Å²) in [5.74, 6) is -0.977. The maximum Gasteiger partial charge on any atom is 0.306 e. The molecule has 0 saturated carbocycles. The Morgan fingerprint density at radius 3 is 0.942 bits per heavy atom. The molecule has 0 amide bonds. The molecular weight excluding hydrogens is 853 g/mol. The van der Waals surface area contributed by atoms with Crippen molar-refractivity contribution < 1.29 is 28.6 Å². The number of rotatable bonds is 53. The van der Waals surface area contributed by atoms with Crippen molar-refractivity contribution in [2.75, 3.05) is 13.2 Å². The van der Waals surface area contributed by atoms with Crippen molar-refractivity contribution in [1.82, 2.24) is 0 Å². The third-order valence-corrected chi connectivity index (χ3v) is 12.7. The molecule has 0 N–H and O–H groups in total. The van der Waals surface area contributed by atoms with Gasteiger partial charge in [-0.3, -0.25) is 14.4 Å². The van der Waals surface area contributed by atoms with Gasteiger partial charge < -0.3 is 14.2 Å². The van der Waals surface area contributed by atoms with Crippen LogP contribution < -0.4 is 0 Å². The highest BCUT2D eigenvalue weighted by Crippen LogP contribution is 2.16. The molecule has 0 aliphatic rings. The summed E-state index contributed by atoms with van der Waals surface area (Å²) in [5, 5.41) is 0. The SMILES string of the molecule is CCCCC/C=C\C/C=C\C/C=C\C/C=C\C/C=C\CCC(=O)OC[C@H](COC(=O)CCCCCCCCC/C=C\CCCCCCCC)OC(=O)CCCCCCCCCCCCCCCCC. The van der Waals surface area contributed by atoms with Crippen LogP contribution >= 0.6 is 0 Å². The van der Waals surface area contributed by atoms with Gasteiger partial charge in [-0.15, -0.1) is 0 Å². The summed E-state index contributed by atoms with van der Waals surface area (Å²) in [5.41, 5.74) is 0. The number of carbonyl (C=O) groups is 3. The molecule has 69 heavy (non-hydrogen) atoms. The highest BCUT2D eigenvalue weighted by Gasteiger charge is 2.19. The van der Waals surface area contributed by atoms with Gasteiger partial charge in [-0.05, 0) is 83.5 Å². The summed E-state index contributed by atoms with van der Waals surface area (Å²) in [6, 6.07) is 0. The monoisotopic (exact) mass is 963 g/mol. The zero-order chi connectivity index (χ0) is 50.0. The Kier molecular flexibility index (Phi) is 54.8. The van der Waals surface area contributed by atoms with Crippen molar-refractivity contribution in [3.05, 3.63) is 72.9 Å². The molecule has 0 aromatic rings. The first-order valence-electron chi connectivity index (χ1n) is 29.4. The summed E-state index contributed by atoms with van der Waals surface area (Å²) in [7, 11) is 0. The third-order valence-electron chi connectivity index (χ3n) is 12.7. The van der Waals surface area contributed by atoms with E-state index in [1.807, 2.05) is 6.08 Å². The number of carbonyl (C=O) groups excluding carboxylic acids is 3. The van der Waals surface area contributed by atoms with Gasteiger partial charge in [-0.1, -0.05) is 261 Å². The van der Waals surface area contributed by atoms with Gasteiger partial charge in [0.1, 0.15) is 13.2 Å². The van der Waals surface area contributed by atoms with E-state index in [0.717, 1.165) is 64.2 Å². The molecule has 0 bridgehead atoms. The molecule has 0 unspecified atom stereocenters. The van der Waals surface area contributed by atoms with Gasteiger partial charge in [0.15, 0.2) is 6.10 Å². The fourth-order valence-electron chi connectivity index (χ4n) is 8.24. The quantitative estimate of drug-likeness (QED) is 0.0262. The van der Waals surface area contributed by atoms with Crippen LogP contribution in [0.4, 0.5) is 0 Å². The largest absolute Gasteiger partial charge is 0.462 e. The molecule has 1 atom stereocenters. The van der Waals surface area contributed by atoms with E-state index in [0.29, 0.717) is 19.3 Å². The fourth-order valence-corrected chi connectivity index (χ4v) is 8.24.